The topological polar surface area (TPSA) is 71.8 Å². The molecular formula is C21H29N5O. The molecule has 1 aliphatic carbocycles. The fourth-order valence-electron chi connectivity index (χ4n) is 4.29. The average Bonchev–Trinajstić information content (AvgIpc) is 3.18. The molecule has 1 aromatic heterocycles. The second-order valence-electron chi connectivity index (χ2n) is 8.19. The summed E-state index contributed by atoms with van der Waals surface area (Å²) in [5.41, 5.74) is 2.61. The fraction of sp³-hybridized carbons (Fsp3) is 0.571. The molecule has 1 atom stereocenters. The third kappa shape index (κ3) is 3.90. The van der Waals surface area contributed by atoms with Gasteiger partial charge in [-0.2, -0.15) is 0 Å². The normalized spacial score (nSPS) is 18.0. The average molecular weight is 367 g/mol. The first-order valence-electron chi connectivity index (χ1n) is 10.1. The summed E-state index contributed by atoms with van der Waals surface area (Å²) < 4.78 is 2.21. The molecule has 1 aliphatic heterocycles. The molecule has 0 bridgehead atoms. The molecule has 144 valence electrons. The number of nitrogens with zero attached hydrogens (tertiary/aromatic N) is 3. The molecule has 6 nitrogen and oxygen atoms in total. The molecule has 0 saturated carbocycles. The number of benzene rings is 1. The molecule has 0 saturated heterocycles. The number of fused-ring (bicyclic) bond motifs is 2. The lowest BCUT2D eigenvalue weighted by molar-refractivity contribution is -0.125. The van der Waals surface area contributed by atoms with Gasteiger partial charge in [-0.1, -0.05) is 38.1 Å². The standard InChI is InChI=1S/C21H29N5O/c1-14(2)11-18(20-25-24-19-7-8-22-9-10-26(19)20)23-21(27)17-12-15-5-3-4-6-16(15)13-17/h3-6,14,17-18,22H,7-13H2,1-2H3,(H,23,27)/t18-/m0/s1. The van der Waals surface area contributed by atoms with Crippen LogP contribution in [0.3, 0.4) is 0 Å². The van der Waals surface area contributed by atoms with Crippen LogP contribution in [0.5, 0.6) is 0 Å². The number of aromatic nitrogens is 3. The Morgan fingerprint density at radius 1 is 1.22 bits per heavy atom. The molecule has 6 heteroatoms. The van der Waals surface area contributed by atoms with E-state index in [0.29, 0.717) is 5.92 Å². The first-order chi connectivity index (χ1) is 13.1. The van der Waals surface area contributed by atoms with E-state index in [4.69, 9.17) is 0 Å². The number of amides is 1. The molecule has 2 aliphatic rings. The van der Waals surface area contributed by atoms with Crippen LogP contribution in [-0.2, 0) is 30.6 Å². The van der Waals surface area contributed by atoms with Crippen molar-refractivity contribution in [2.24, 2.45) is 11.8 Å². The highest BCUT2D eigenvalue weighted by Crippen LogP contribution is 2.28. The third-order valence-corrected chi connectivity index (χ3v) is 5.65. The van der Waals surface area contributed by atoms with Crippen molar-refractivity contribution < 1.29 is 4.79 Å². The van der Waals surface area contributed by atoms with Crippen molar-refractivity contribution in [3.05, 3.63) is 47.0 Å². The summed E-state index contributed by atoms with van der Waals surface area (Å²) in [6.07, 6.45) is 3.42. The molecule has 0 spiro atoms. The van der Waals surface area contributed by atoms with Crippen LogP contribution < -0.4 is 10.6 Å². The molecule has 1 amide bonds. The Labute approximate surface area is 160 Å². The summed E-state index contributed by atoms with van der Waals surface area (Å²) in [5, 5.41) is 15.6. The molecule has 0 fully saturated rings. The van der Waals surface area contributed by atoms with E-state index in [1.807, 2.05) is 0 Å². The number of carbonyl (C=O) groups is 1. The Morgan fingerprint density at radius 3 is 2.67 bits per heavy atom. The zero-order valence-corrected chi connectivity index (χ0v) is 16.2. The Bertz CT molecular complexity index is 788. The zero-order chi connectivity index (χ0) is 18.8. The van der Waals surface area contributed by atoms with Gasteiger partial charge in [0.15, 0.2) is 5.82 Å². The number of hydrogen-bond acceptors (Lipinski definition) is 4. The Hall–Kier alpha value is -2.21. The van der Waals surface area contributed by atoms with Gasteiger partial charge in [0.25, 0.3) is 0 Å². The molecular weight excluding hydrogens is 338 g/mol. The SMILES string of the molecule is CC(C)C[C@H](NC(=O)C1Cc2ccccc2C1)c1nnc2n1CCNCC2. The van der Waals surface area contributed by atoms with Gasteiger partial charge < -0.3 is 15.2 Å². The predicted molar refractivity (Wildman–Crippen MR) is 104 cm³/mol. The highest BCUT2D eigenvalue weighted by Gasteiger charge is 2.31. The van der Waals surface area contributed by atoms with Crippen molar-refractivity contribution in [2.75, 3.05) is 13.1 Å². The molecule has 2 aromatic rings. The van der Waals surface area contributed by atoms with Crippen LogP contribution in [0.1, 0.15) is 49.1 Å². The smallest absolute Gasteiger partial charge is 0.224 e. The van der Waals surface area contributed by atoms with Crippen LogP contribution in [0.4, 0.5) is 0 Å². The Balaban J connectivity index is 1.52. The van der Waals surface area contributed by atoms with Crippen molar-refractivity contribution >= 4 is 5.91 Å². The minimum absolute atomic E-state index is 0.0188. The molecule has 2 N–H and O–H groups in total. The van der Waals surface area contributed by atoms with E-state index >= 15 is 0 Å². The predicted octanol–water partition coefficient (Wildman–Crippen LogP) is 2.04. The van der Waals surface area contributed by atoms with E-state index in [2.05, 4.69) is 63.5 Å². The maximum Gasteiger partial charge on any atom is 0.224 e. The van der Waals surface area contributed by atoms with E-state index in [0.717, 1.165) is 57.0 Å². The first kappa shape index (κ1) is 18.2. The Morgan fingerprint density at radius 2 is 1.96 bits per heavy atom. The summed E-state index contributed by atoms with van der Waals surface area (Å²) in [7, 11) is 0. The highest BCUT2D eigenvalue weighted by molar-refractivity contribution is 5.80. The largest absolute Gasteiger partial charge is 0.346 e. The fourth-order valence-corrected chi connectivity index (χ4v) is 4.29. The van der Waals surface area contributed by atoms with Crippen molar-refractivity contribution in [3.63, 3.8) is 0 Å². The third-order valence-electron chi connectivity index (χ3n) is 5.65. The summed E-state index contributed by atoms with van der Waals surface area (Å²) in [4.78, 5) is 13.1. The van der Waals surface area contributed by atoms with Crippen LogP contribution in [-0.4, -0.2) is 33.8 Å². The van der Waals surface area contributed by atoms with Gasteiger partial charge in [0, 0.05) is 32.0 Å². The number of hydrogen-bond donors (Lipinski definition) is 2. The molecule has 1 aromatic carbocycles. The molecule has 27 heavy (non-hydrogen) atoms. The number of nitrogens with one attached hydrogen (secondary N) is 2. The van der Waals surface area contributed by atoms with Gasteiger partial charge in [-0.25, -0.2) is 0 Å². The van der Waals surface area contributed by atoms with Crippen molar-refractivity contribution in [1.29, 1.82) is 0 Å². The van der Waals surface area contributed by atoms with Crippen LogP contribution in [0.15, 0.2) is 24.3 Å². The monoisotopic (exact) mass is 367 g/mol. The van der Waals surface area contributed by atoms with Gasteiger partial charge in [-0.3, -0.25) is 4.79 Å². The zero-order valence-electron chi connectivity index (χ0n) is 16.2. The van der Waals surface area contributed by atoms with Gasteiger partial charge in [-0.05, 0) is 36.3 Å². The second-order valence-corrected chi connectivity index (χ2v) is 8.19. The molecule has 0 radical (unpaired) electrons. The maximum atomic E-state index is 13.1. The summed E-state index contributed by atoms with van der Waals surface area (Å²) in [6.45, 7) is 7.08. The van der Waals surface area contributed by atoms with Gasteiger partial charge >= 0.3 is 0 Å². The minimum atomic E-state index is -0.0828. The highest BCUT2D eigenvalue weighted by atomic mass is 16.2. The Kier molecular flexibility index (Phi) is 5.25. The first-order valence-corrected chi connectivity index (χ1v) is 10.1. The van der Waals surface area contributed by atoms with Crippen LogP contribution in [0, 0.1) is 11.8 Å². The van der Waals surface area contributed by atoms with E-state index in [1.165, 1.54) is 11.1 Å². The van der Waals surface area contributed by atoms with Gasteiger partial charge in [0.05, 0.1) is 6.04 Å². The van der Waals surface area contributed by atoms with Gasteiger partial charge in [0.2, 0.25) is 5.91 Å². The van der Waals surface area contributed by atoms with E-state index < -0.39 is 0 Å². The second kappa shape index (κ2) is 7.80. The quantitative estimate of drug-likeness (QED) is 0.848. The lowest BCUT2D eigenvalue weighted by Gasteiger charge is -2.22. The van der Waals surface area contributed by atoms with Gasteiger partial charge in [-0.15, -0.1) is 10.2 Å². The maximum absolute atomic E-state index is 13.1. The van der Waals surface area contributed by atoms with Crippen molar-refractivity contribution in [2.45, 2.75) is 52.1 Å². The minimum Gasteiger partial charge on any atom is -0.346 e. The summed E-state index contributed by atoms with van der Waals surface area (Å²) in [5.74, 6) is 2.55. The van der Waals surface area contributed by atoms with E-state index in [-0.39, 0.29) is 17.9 Å². The van der Waals surface area contributed by atoms with Crippen LogP contribution in [0.2, 0.25) is 0 Å². The van der Waals surface area contributed by atoms with Crippen LogP contribution >= 0.6 is 0 Å². The van der Waals surface area contributed by atoms with E-state index in [1.54, 1.807) is 0 Å². The molecule has 0 unspecified atom stereocenters. The number of rotatable bonds is 5. The van der Waals surface area contributed by atoms with E-state index in [9.17, 15) is 4.79 Å². The molecule has 4 rings (SSSR count). The lowest BCUT2D eigenvalue weighted by atomic mass is 10.0. The summed E-state index contributed by atoms with van der Waals surface area (Å²) >= 11 is 0. The van der Waals surface area contributed by atoms with Crippen molar-refractivity contribution in [3.8, 4) is 0 Å². The van der Waals surface area contributed by atoms with Gasteiger partial charge in [0.1, 0.15) is 5.82 Å². The molecule has 2 heterocycles. The number of carbonyl (C=O) groups excluding carboxylic acids is 1. The van der Waals surface area contributed by atoms with Crippen LogP contribution in [0.25, 0.3) is 0 Å². The van der Waals surface area contributed by atoms with Crippen molar-refractivity contribution in [1.82, 2.24) is 25.4 Å². The lowest BCUT2D eigenvalue weighted by Crippen LogP contribution is -2.36. The summed E-state index contributed by atoms with van der Waals surface area (Å²) in [6, 6.07) is 8.31.